The quantitative estimate of drug-likeness (QED) is 0.518. The summed E-state index contributed by atoms with van der Waals surface area (Å²) >= 11 is 1.18. The summed E-state index contributed by atoms with van der Waals surface area (Å²) in [6, 6.07) is 0. The minimum Gasteiger partial charge on any atom is -0.368 e. The minimum absolute atomic E-state index is 0. The molecule has 132 valence electrons. The Balaban J connectivity index is 0. The third kappa shape index (κ3) is 6.44. The molecule has 0 saturated heterocycles. The molecule has 6 nitrogen and oxygen atoms in total. The van der Waals surface area contributed by atoms with Gasteiger partial charge in [0.2, 0.25) is 5.91 Å². The highest BCUT2D eigenvalue weighted by Crippen LogP contribution is 2.20. The molecule has 1 atom stereocenters. The van der Waals surface area contributed by atoms with Crippen molar-refractivity contribution in [3.05, 3.63) is 0 Å². The zero-order valence-electron chi connectivity index (χ0n) is 13.3. The van der Waals surface area contributed by atoms with Gasteiger partial charge in [0.1, 0.15) is 0 Å². The van der Waals surface area contributed by atoms with E-state index < -0.39 is 38.1 Å². The Morgan fingerprint density at radius 1 is 1.18 bits per heavy atom. The van der Waals surface area contributed by atoms with Crippen LogP contribution in [0.5, 0.6) is 0 Å². The molecule has 9 heteroatoms. The number of amides is 1. The van der Waals surface area contributed by atoms with Crippen molar-refractivity contribution in [3.63, 3.8) is 0 Å². The zero-order valence-corrected chi connectivity index (χ0v) is 15.8. The van der Waals surface area contributed by atoms with Crippen molar-refractivity contribution in [2.24, 2.45) is 11.5 Å². The maximum absolute atomic E-state index is 12.5. The normalized spacial score (nSPS) is 14.2. The highest BCUT2D eigenvalue weighted by molar-refractivity contribution is 7.99. The molecule has 0 radical (unpaired) electrons. The van der Waals surface area contributed by atoms with Gasteiger partial charge in [-0.25, -0.2) is 8.42 Å². The van der Waals surface area contributed by atoms with Crippen molar-refractivity contribution in [2.45, 2.75) is 50.3 Å². The Morgan fingerprint density at radius 3 is 1.95 bits per heavy atom. The largest absolute Gasteiger partial charge is 0.368 e. The van der Waals surface area contributed by atoms with E-state index in [-0.39, 0.29) is 18.2 Å². The molecule has 0 aromatic carbocycles. The van der Waals surface area contributed by atoms with Crippen LogP contribution < -0.4 is 11.5 Å². The van der Waals surface area contributed by atoms with Crippen molar-refractivity contribution in [1.29, 1.82) is 0 Å². The molecule has 0 aliphatic heterocycles. The van der Waals surface area contributed by atoms with Crippen molar-refractivity contribution in [2.75, 3.05) is 17.8 Å². The number of ketones is 1. The maximum atomic E-state index is 12.5. The summed E-state index contributed by atoms with van der Waals surface area (Å²) in [4.78, 5) is 23.6. The molecule has 0 aromatic rings. The van der Waals surface area contributed by atoms with Gasteiger partial charge in [-0.2, -0.15) is 11.8 Å². The third-order valence-corrected chi connectivity index (χ3v) is 6.27. The van der Waals surface area contributed by atoms with Gasteiger partial charge in [-0.15, -0.1) is 12.4 Å². The summed E-state index contributed by atoms with van der Waals surface area (Å²) in [5, 5.41) is -0.586. The Hall–Kier alpha value is -0.310. The number of carbonyl (C=O) groups excluding carboxylic acids is 2. The first-order valence-electron chi connectivity index (χ1n) is 6.98. The molecular formula is C13H27ClN2O4S2. The van der Waals surface area contributed by atoms with Gasteiger partial charge >= 0.3 is 0 Å². The highest BCUT2D eigenvalue weighted by Gasteiger charge is 2.45. The predicted octanol–water partition coefficient (Wildman–Crippen LogP) is 0.907. The number of hydrogen-bond donors (Lipinski definition) is 2. The van der Waals surface area contributed by atoms with Crippen molar-refractivity contribution in [1.82, 2.24) is 0 Å². The van der Waals surface area contributed by atoms with E-state index in [1.807, 2.05) is 13.8 Å². The lowest BCUT2D eigenvalue weighted by atomic mass is 9.98. The molecule has 0 aliphatic rings. The van der Waals surface area contributed by atoms with E-state index in [4.69, 9.17) is 11.5 Å². The molecule has 1 unspecified atom stereocenters. The monoisotopic (exact) mass is 374 g/mol. The third-order valence-electron chi connectivity index (χ3n) is 3.37. The van der Waals surface area contributed by atoms with Gasteiger partial charge in [0.15, 0.2) is 21.2 Å². The molecule has 0 spiro atoms. The Morgan fingerprint density at radius 2 is 1.64 bits per heavy atom. The summed E-state index contributed by atoms with van der Waals surface area (Å²) < 4.78 is 25.0. The van der Waals surface area contributed by atoms with Crippen LogP contribution in [-0.2, 0) is 19.4 Å². The fourth-order valence-corrected chi connectivity index (χ4v) is 5.01. The van der Waals surface area contributed by atoms with E-state index in [9.17, 15) is 18.0 Å². The first-order valence-corrected chi connectivity index (χ1v) is 10.1. The lowest BCUT2D eigenvalue weighted by Gasteiger charge is -2.26. The van der Waals surface area contributed by atoms with Crippen LogP contribution in [0.15, 0.2) is 0 Å². The lowest BCUT2D eigenvalue weighted by molar-refractivity contribution is -0.131. The molecule has 22 heavy (non-hydrogen) atoms. The molecule has 0 fully saturated rings. The van der Waals surface area contributed by atoms with Crippen molar-refractivity contribution in [3.8, 4) is 0 Å². The lowest BCUT2D eigenvalue weighted by Crippen LogP contribution is -2.63. The number of carbonyl (C=O) groups is 2. The van der Waals surface area contributed by atoms with Crippen LogP contribution in [0, 0.1) is 0 Å². The van der Waals surface area contributed by atoms with E-state index in [0.29, 0.717) is 25.7 Å². The van der Waals surface area contributed by atoms with Gasteiger partial charge in [0.05, 0.1) is 16.8 Å². The molecule has 4 N–H and O–H groups in total. The highest BCUT2D eigenvalue weighted by atomic mass is 35.5. The molecule has 0 bridgehead atoms. The molecule has 0 saturated carbocycles. The fourth-order valence-electron chi connectivity index (χ4n) is 2.13. The standard InChI is InChI=1S/C13H26N2O4S2.ClH/c1-4-6-10(7-5-2)21(18,19)9-13(15,12(14)17)11(16)8-20-3;/h10H,4-9,15H2,1-3H3,(H2,14,17);1H. The summed E-state index contributed by atoms with van der Waals surface area (Å²) in [5.41, 5.74) is 8.83. The zero-order chi connectivity index (χ0) is 16.7. The average Bonchev–Trinajstić information content (AvgIpc) is 2.37. The van der Waals surface area contributed by atoms with E-state index >= 15 is 0 Å². The number of Topliss-reactive ketones (excluding diaryl/α,β-unsaturated/α-hetero) is 1. The summed E-state index contributed by atoms with van der Waals surface area (Å²) in [5.74, 6) is -2.48. The van der Waals surface area contributed by atoms with Gasteiger partial charge in [0, 0.05) is 0 Å². The van der Waals surface area contributed by atoms with Crippen LogP contribution in [-0.4, -0.2) is 48.7 Å². The predicted molar refractivity (Wildman–Crippen MR) is 94.1 cm³/mol. The van der Waals surface area contributed by atoms with Crippen LogP contribution in [0.2, 0.25) is 0 Å². The second kappa shape index (κ2) is 10.5. The number of sulfone groups is 1. The number of primary amides is 1. The van der Waals surface area contributed by atoms with Gasteiger partial charge in [0.25, 0.3) is 0 Å². The number of nitrogens with two attached hydrogens (primary N) is 2. The maximum Gasteiger partial charge on any atom is 0.246 e. The molecule has 0 rings (SSSR count). The molecule has 0 aromatic heterocycles. The minimum atomic E-state index is -3.67. The first-order chi connectivity index (χ1) is 9.65. The number of rotatable bonds is 11. The summed E-state index contributed by atoms with van der Waals surface area (Å²) in [6.45, 7) is 3.78. The number of halogens is 1. The average molecular weight is 375 g/mol. The van der Waals surface area contributed by atoms with Crippen LogP contribution in [0.25, 0.3) is 0 Å². The molecule has 0 aliphatic carbocycles. The summed E-state index contributed by atoms with van der Waals surface area (Å²) in [7, 11) is -3.67. The Labute approximate surface area is 143 Å². The second-order valence-electron chi connectivity index (χ2n) is 5.20. The van der Waals surface area contributed by atoms with Gasteiger partial charge in [-0.1, -0.05) is 26.7 Å². The van der Waals surface area contributed by atoms with Crippen LogP contribution in [0.3, 0.4) is 0 Å². The fraction of sp³-hybridized carbons (Fsp3) is 0.846. The van der Waals surface area contributed by atoms with E-state index in [1.165, 1.54) is 11.8 Å². The van der Waals surface area contributed by atoms with E-state index in [1.54, 1.807) is 6.26 Å². The van der Waals surface area contributed by atoms with Gasteiger partial charge in [-0.05, 0) is 19.1 Å². The van der Waals surface area contributed by atoms with Crippen LogP contribution >= 0.6 is 24.2 Å². The number of thioether (sulfide) groups is 1. The van der Waals surface area contributed by atoms with Gasteiger partial charge in [-0.3, -0.25) is 9.59 Å². The van der Waals surface area contributed by atoms with E-state index in [0.717, 1.165) is 0 Å². The topological polar surface area (TPSA) is 120 Å². The van der Waals surface area contributed by atoms with Gasteiger partial charge < -0.3 is 11.5 Å². The smallest absolute Gasteiger partial charge is 0.246 e. The van der Waals surface area contributed by atoms with Crippen molar-refractivity contribution < 1.29 is 18.0 Å². The molecular weight excluding hydrogens is 348 g/mol. The SMILES string of the molecule is CCCC(CCC)S(=O)(=O)CC(N)(C(N)=O)C(=O)CSC.Cl. The summed E-state index contributed by atoms with van der Waals surface area (Å²) in [6.07, 6.45) is 4.06. The van der Waals surface area contributed by atoms with E-state index in [2.05, 4.69) is 0 Å². The van der Waals surface area contributed by atoms with Crippen molar-refractivity contribution >= 4 is 45.7 Å². The van der Waals surface area contributed by atoms with Crippen LogP contribution in [0.4, 0.5) is 0 Å². The number of hydrogen-bond acceptors (Lipinski definition) is 6. The second-order valence-corrected chi connectivity index (χ2v) is 8.35. The Kier molecular flexibility index (Phi) is 11.4. The molecule has 0 heterocycles. The first kappa shape index (κ1) is 23.9. The Bertz CT molecular complexity index is 465. The van der Waals surface area contributed by atoms with Crippen LogP contribution in [0.1, 0.15) is 39.5 Å². The molecule has 1 amide bonds.